The van der Waals surface area contributed by atoms with Crippen molar-refractivity contribution in [3.8, 4) is 0 Å². The SMILES string of the molecule is Cc1cc(Cl)c2cc(C(C)Br)cc(F)c2n1. The minimum absolute atomic E-state index is 0.0868. The molecule has 0 bridgehead atoms. The van der Waals surface area contributed by atoms with E-state index in [2.05, 4.69) is 20.9 Å². The summed E-state index contributed by atoms with van der Waals surface area (Å²) in [5, 5.41) is 1.20. The van der Waals surface area contributed by atoms with E-state index >= 15 is 0 Å². The summed E-state index contributed by atoms with van der Waals surface area (Å²) in [6, 6.07) is 5.10. The zero-order valence-corrected chi connectivity index (χ0v) is 11.2. The number of rotatable bonds is 1. The first-order chi connectivity index (χ1) is 7.49. The highest BCUT2D eigenvalue weighted by Gasteiger charge is 2.11. The number of fused-ring (bicyclic) bond motifs is 1. The van der Waals surface area contributed by atoms with Crippen LogP contribution in [-0.4, -0.2) is 4.98 Å². The molecule has 2 rings (SSSR count). The van der Waals surface area contributed by atoms with Crippen molar-refractivity contribution in [3.63, 3.8) is 0 Å². The summed E-state index contributed by atoms with van der Waals surface area (Å²) in [6.45, 7) is 3.74. The summed E-state index contributed by atoms with van der Waals surface area (Å²) >= 11 is 9.50. The predicted octanol–water partition coefficient (Wildman–Crippen LogP) is 4.79. The van der Waals surface area contributed by atoms with E-state index in [0.29, 0.717) is 15.9 Å². The van der Waals surface area contributed by atoms with Crippen molar-refractivity contribution in [2.24, 2.45) is 0 Å². The lowest BCUT2D eigenvalue weighted by molar-refractivity contribution is 0.634. The van der Waals surface area contributed by atoms with E-state index in [1.54, 1.807) is 13.0 Å². The summed E-state index contributed by atoms with van der Waals surface area (Å²) in [5.41, 5.74) is 1.91. The number of pyridine rings is 1. The minimum Gasteiger partial charge on any atom is -0.250 e. The molecule has 0 saturated carbocycles. The molecule has 1 aromatic heterocycles. The van der Waals surface area contributed by atoms with Gasteiger partial charge in [-0.05, 0) is 37.6 Å². The van der Waals surface area contributed by atoms with Crippen LogP contribution in [-0.2, 0) is 0 Å². The van der Waals surface area contributed by atoms with Crippen LogP contribution >= 0.6 is 27.5 Å². The molecule has 1 aromatic carbocycles. The van der Waals surface area contributed by atoms with Crippen LogP contribution in [0.4, 0.5) is 4.39 Å². The van der Waals surface area contributed by atoms with Crippen molar-refractivity contribution >= 4 is 38.4 Å². The van der Waals surface area contributed by atoms with E-state index < -0.39 is 0 Å². The van der Waals surface area contributed by atoms with Gasteiger partial charge in [0, 0.05) is 15.9 Å². The average Bonchev–Trinajstić information content (AvgIpc) is 2.19. The number of hydrogen-bond acceptors (Lipinski definition) is 1. The monoisotopic (exact) mass is 301 g/mol. The molecule has 0 spiro atoms. The van der Waals surface area contributed by atoms with E-state index in [1.165, 1.54) is 6.07 Å². The van der Waals surface area contributed by atoms with Crippen LogP contribution in [0.5, 0.6) is 0 Å². The fourth-order valence-corrected chi connectivity index (χ4v) is 2.18. The largest absolute Gasteiger partial charge is 0.250 e. The lowest BCUT2D eigenvalue weighted by Crippen LogP contribution is -1.93. The summed E-state index contributed by atoms with van der Waals surface area (Å²) in [7, 11) is 0. The van der Waals surface area contributed by atoms with Gasteiger partial charge in [0.25, 0.3) is 0 Å². The van der Waals surface area contributed by atoms with Gasteiger partial charge in [-0.2, -0.15) is 0 Å². The smallest absolute Gasteiger partial charge is 0.149 e. The van der Waals surface area contributed by atoms with E-state index in [-0.39, 0.29) is 10.6 Å². The number of halogens is 3. The molecule has 1 atom stereocenters. The van der Waals surface area contributed by atoms with E-state index in [4.69, 9.17) is 11.6 Å². The molecule has 2 aromatic rings. The Morgan fingerprint density at radius 1 is 1.38 bits per heavy atom. The van der Waals surface area contributed by atoms with Gasteiger partial charge in [-0.1, -0.05) is 27.5 Å². The Morgan fingerprint density at radius 2 is 2.06 bits per heavy atom. The molecule has 0 radical (unpaired) electrons. The molecule has 84 valence electrons. The number of nitrogens with zero attached hydrogens (tertiary/aromatic N) is 1. The van der Waals surface area contributed by atoms with Crippen molar-refractivity contribution < 1.29 is 4.39 Å². The third kappa shape index (κ3) is 2.06. The third-order valence-corrected chi connectivity index (χ3v) is 3.27. The maximum Gasteiger partial charge on any atom is 0.149 e. The maximum atomic E-state index is 13.8. The lowest BCUT2D eigenvalue weighted by Gasteiger charge is -2.08. The normalized spacial score (nSPS) is 13.1. The van der Waals surface area contributed by atoms with Gasteiger partial charge in [0.2, 0.25) is 0 Å². The summed E-state index contributed by atoms with van der Waals surface area (Å²) in [6.07, 6.45) is 0. The molecule has 0 fully saturated rings. The van der Waals surface area contributed by atoms with Crippen LogP contribution in [0.1, 0.15) is 23.0 Å². The highest BCUT2D eigenvalue weighted by molar-refractivity contribution is 9.09. The first-order valence-electron chi connectivity index (χ1n) is 4.89. The zero-order valence-electron chi connectivity index (χ0n) is 8.89. The molecule has 0 aliphatic heterocycles. The molecule has 0 N–H and O–H groups in total. The molecule has 1 heterocycles. The molecule has 16 heavy (non-hydrogen) atoms. The maximum absolute atomic E-state index is 13.8. The average molecular weight is 303 g/mol. The predicted molar refractivity (Wildman–Crippen MR) is 68.8 cm³/mol. The van der Waals surface area contributed by atoms with Gasteiger partial charge < -0.3 is 0 Å². The van der Waals surface area contributed by atoms with Gasteiger partial charge in [0.15, 0.2) is 0 Å². The van der Waals surface area contributed by atoms with Gasteiger partial charge in [0.1, 0.15) is 11.3 Å². The zero-order chi connectivity index (χ0) is 11.9. The van der Waals surface area contributed by atoms with Gasteiger partial charge in [-0.15, -0.1) is 0 Å². The van der Waals surface area contributed by atoms with Crippen molar-refractivity contribution in [1.29, 1.82) is 0 Å². The third-order valence-electron chi connectivity index (χ3n) is 2.43. The molecule has 4 heteroatoms. The van der Waals surface area contributed by atoms with Gasteiger partial charge in [0.05, 0.1) is 5.02 Å². The molecule has 1 nitrogen and oxygen atoms in total. The highest BCUT2D eigenvalue weighted by Crippen LogP contribution is 2.30. The van der Waals surface area contributed by atoms with E-state index in [9.17, 15) is 4.39 Å². The number of aryl methyl sites for hydroxylation is 1. The highest BCUT2D eigenvalue weighted by atomic mass is 79.9. The Labute approximate surface area is 107 Å². The molecule has 0 saturated heterocycles. The number of hydrogen-bond donors (Lipinski definition) is 0. The van der Waals surface area contributed by atoms with Crippen LogP contribution in [0.2, 0.25) is 5.02 Å². The second-order valence-corrected chi connectivity index (χ2v) is 5.54. The van der Waals surface area contributed by atoms with Crippen LogP contribution in [0.3, 0.4) is 0 Å². The van der Waals surface area contributed by atoms with Crippen molar-refractivity contribution in [2.75, 3.05) is 0 Å². The Bertz CT molecular complexity index is 554. The van der Waals surface area contributed by atoms with Crippen LogP contribution in [0.15, 0.2) is 18.2 Å². The van der Waals surface area contributed by atoms with Crippen LogP contribution in [0.25, 0.3) is 10.9 Å². The van der Waals surface area contributed by atoms with Gasteiger partial charge >= 0.3 is 0 Å². The number of benzene rings is 1. The summed E-state index contributed by atoms with van der Waals surface area (Å²) in [5.74, 6) is -0.329. The molecule has 1 unspecified atom stereocenters. The van der Waals surface area contributed by atoms with Crippen LogP contribution in [0, 0.1) is 12.7 Å². The van der Waals surface area contributed by atoms with E-state index in [1.807, 2.05) is 13.0 Å². The Kier molecular flexibility index (Phi) is 3.17. The summed E-state index contributed by atoms with van der Waals surface area (Å²) in [4.78, 5) is 4.25. The second-order valence-electron chi connectivity index (χ2n) is 3.76. The van der Waals surface area contributed by atoms with E-state index in [0.717, 1.165) is 11.3 Å². The number of aromatic nitrogens is 1. The Balaban J connectivity index is 2.82. The quantitative estimate of drug-likeness (QED) is 0.690. The summed E-state index contributed by atoms with van der Waals surface area (Å²) < 4.78 is 13.8. The molecule has 0 aliphatic carbocycles. The number of alkyl halides is 1. The fraction of sp³-hybridized carbons (Fsp3) is 0.250. The molecule has 0 aliphatic rings. The molecule has 0 amide bonds. The van der Waals surface area contributed by atoms with Crippen LogP contribution < -0.4 is 0 Å². The second kappa shape index (κ2) is 4.30. The van der Waals surface area contributed by atoms with Gasteiger partial charge in [-0.3, -0.25) is 0 Å². The minimum atomic E-state index is -0.329. The topological polar surface area (TPSA) is 12.9 Å². The Morgan fingerprint density at radius 3 is 2.69 bits per heavy atom. The standard InChI is InChI=1S/C12H10BrClFN/c1-6-3-10(14)9-4-8(7(2)13)5-11(15)12(9)16-6/h3-5,7H,1-2H3. The molecular formula is C12H10BrClFN. The Hall–Kier alpha value is -0.670. The van der Waals surface area contributed by atoms with Crippen molar-refractivity contribution in [3.05, 3.63) is 40.3 Å². The van der Waals surface area contributed by atoms with Crippen molar-refractivity contribution in [2.45, 2.75) is 18.7 Å². The fourth-order valence-electron chi connectivity index (χ4n) is 1.62. The lowest BCUT2D eigenvalue weighted by atomic mass is 10.1. The first-order valence-corrected chi connectivity index (χ1v) is 6.19. The molecular weight excluding hydrogens is 292 g/mol. The van der Waals surface area contributed by atoms with Gasteiger partial charge in [-0.25, -0.2) is 9.37 Å². The first kappa shape index (κ1) is 11.8. The van der Waals surface area contributed by atoms with Crippen molar-refractivity contribution in [1.82, 2.24) is 4.98 Å².